The number of carbonyl (C=O) groups is 1. The summed E-state index contributed by atoms with van der Waals surface area (Å²) in [5.41, 5.74) is 1.16. The predicted octanol–water partition coefficient (Wildman–Crippen LogP) is 2.85. The van der Waals surface area contributed by atoms with Gasteiger partial charge in [-0.3, -0.25) is 4.79 Å². The van der Waals surface area contributed by atoms with Gasteiger partial charge in [0.25, 0.3) is 0 Å². The van der Waals surface area contributed by atoms with Crippen LogP contribution < -0.4 is 5.32 Å². The van der Waals surface area contributed by atoms with E-state index in [0.717, 1.165) is 15.3 Å². The molecule has 0 aliphatic heterocycles. The lowest BCUT2D eigenvalue weighted by Gasteiger charge is -2.04. The Labute approximate surface area is 121 Å². The van der Waals surface area contributed by atoms with E-state index in [1.807, 2.05) is 30.3 Å². The molecule has 2 rings (SSSR count). The fourth-order valence-electron chi connectivity index (χ4n) is 1.53. The molecule has 0 aliphatic carbocycles. The van der Waals surface area contributed by atoms with Gasteiger partial charge in [-0.25, -0.2) is 0 Å². The van der Waals surface area contributed by atoms with Crippen LogP contribution in [0.15, 0.2) is 42.5 Å². The molecule has 1 heterocycles. The van der Waals surface area contributed by atoms with Gasteiger partial charge < -0.3 is 10.1 Å². The largest absolute Gasteiger partial charge is 0.468 e. The number of benzene rings is 1. The number of methoxy groups -OCH3 is 1. The lowest BCUT2D eigenvalue weighted by Crippen LogP contribution is -2.28. The zero-order valence-electron chi connectivity index (χ0n) is 10.4. The van der Waals surface area contributed by atoms with Crippen LogP contribution in [0.4, 0.5) is 0 Å². The lowest BCUT2D eigenvalue weighted by molar-refractivity contribution is -0.139. The van der Waals surface area contributed by atoms with Crippen molar-refractivity contribution >= 4 is 34.5 Å². The van der Waals surface area contributed by atoms with Gasteiger partial charge in [-0.15, -0.1) is 11.3 Å². The summed E-state index contributed by atoms with van der Waals surface area (Å²) >= 11 is 6.84. The molecular formula is C14H13NO2S2. The zero-order chi connectivity index (χ0) is 13.7. The third kappa shape index (κ3) is 3.62. The number of rotatable bonds is 4. The van der Waals surface area contributed by atoms with Crippen molar-refractivity contribution in [1.29, 1.82) is 0 Å². The molecule has 5 heteroatoms. The minimum atomic E-state index is -0.331. The van der Waals surface area contributed by atoms with Gasteiger partial charge in [0.15, 0.2) is 0 Å². The van der Waals surface area contributed by atoms with Crippen LogP contribution in [0.5, 0.6) is 0 Å². The normalized spacial score (nSPS) is 9.95. The Morgan fingerprint density at radius 3 is 2.68 bits per heavy atom. The van der Waals surface area contributed by atoms with Crippen molar-refractivity contribution in [3.05, 3.63) is 47.3 Å². The van der Waals surface area contributed by atoms with Crippen molar-refractivity contribution in [1.82, 2.24) is 5.32 Å². The van der Waals surface area contributed by atoms with Crippen molar-refractivity contribution in [3.8, 4) is 10.4 Å². The van der Waals surface area contributed by atoms with Crippen LogP contribution in [0.25, 0.3) is 10.4 Å². The second kappa shape index (κ2) is 6.45. The Bertz CT molecular complexity index is 578. The monoisotopic (exact) mass is 291 g/mol. The Hall–Kier alpha value is -1.72. The molecule has 1 aromatic heterocycles. The van der Waals surface area contributed by atoms with Gasteiger partial charge in [0.1, 0.15) is 11.5 Å². The SMILES string of the molecule is COC(=O)CNC(=S)c1ccc(-c2ccccc2)s1. The van der Waals surface area contributed by atoms with Crippen LogP contribution in [0.1, 0.15) is 4.88 Å². The number of carbonyl (C=O) groups excluding carboxylic acids is 1. The standard InChI is InChI=1S/C14H13NO2S2/c1-17-13(16)9-15-14(18)12-8-7-11(19-12)10-5-3-2-4-6-10/h2-8H,9H2,1H3,(H,15,18). The average molecular weight is 291 g/mol. The maximum Gasteiger partial charge on any atom is 0.325 e. The average Bonchev–Trinajstić information content (AvgIpc) is 2.95. The van der Waals surface area contributed by atoms with Crippen LogP contribution in [0, 0.1) is 0 Å². The summed E-state index contributed by atoms with van der Waals surface area (Å²) in [6, 6.07) is 14.1. The van der Waals surface area contributed by atoms with Gasteiger partial charge in [-0.1, -0.05) is 42.5 Å². The van der Waals surface area contributed by atoms with E-state index in [1.165, 1.54) is 7.11 Å². The van der Waals surface area contributed by atoms with E-state index in [2.05, 4.69) is 22.2 Å². The Kier molecular flexibility index (Phi) is 4.65. The van der Waals surface area contributed by atoms with Crippen molar-refractivity contribution in [2.24, 2.45) is 0 Å². The van der Waals surface area contributed by atoms with Gasteiger partial charge in [-0.2, -0.15) is 0 Å². The molecule has 0 atom stereocenters. The highest BCUT2D eigenvalue weighted by Crippen LogP contribution is 2.27. The summed E-state index contributed by atoms with van der Waals surface area (Å²) in [4.78, 5) is 13.7. The second-order valence-corrected chi connectivity index (χ2v) is 5.28. The smallest absolute Gasteiger partial charge is 0.325 e. The maximum absolute atomic E-state index is 11.0. The molecule has 2 aromatic rings. The number of esters is 1. The number of hydrogen-bond donors (Lipinski definition) is 1. The van der Waals surface area contributed by atoms with E-state index in [0.29, 0.717) is 4.99 Å². The number of thiocarbonyl (C=S) groups is 1. The van der Waals surface area contributed by atoms with Crippen LogP contribution in [-0.4, -0.2) is 24.6 Å². The molecule has 0 spiro atoms. The summed E-state index contributed by atoms with van der Waals surface area (Å²) in [6.45, 7) is 0.0912. The highest BCUT2D eigenvalue weighted by Gasteiger charge is 2.08. The summed E-state index contributed by atoms with van der Waals surface area (Å²) in [7, 11) is 1.35. The predicted molar refractivity (Wildman–Crippen MR) is 81.5 cm³/mol. The molecule has 0 saturated carbocycles. The van der Waals surface area contributed by atoms with E-state index in [1.54, 1.807) is 11.3 Å². The summed E-state index contributed by atoms with van der Waals surface area (Å²) in [5.74, 6) is -0.331. The minimum Gasteiger partial charge on any atom is -0.468 e. The molecule has 1 aromatic carbocycles. The van der Waals surface area contributed by atoms with Gasteiger partial charge in [-0.05, 0) is 17.7 Å². The number of thiophene rings is 1. The third-order valence-corrected chi connectivity index (χ3v) is 4.15. The molecule has 0 amide bonds. The van der Waals surface area contributed by atoms with Crippen LogP contribution >= 0.6 is 23.6 Å². The van der Waals surface area contributed by atoms with E-state index in [-0.39, 0.29) is 12.5 Å². The Morgan fingerprint density at radius 1 is 1.26 bits per heavy atom. The Morgan fingerprint density at radius 2 is 2.00 bits per heavy atom. The summed E-state index contributed by atoms with van der Waals surface area (Å²) < 4.78 is 4.55. The first-order valence-electron chi connectivity index (χ1n) is 5.71. The highest BCUT2D eigenvalue weighted by molar-refractivity contribution is 7.81. The highest BCUT2D eigenvalue weighted by atomic mass is 32.1. The van der Waals surface area contributed by atoms with Crippen LogP contribution in [0.2, 0.25) is 0 Å². The molecule has 0 radical (unpaired) electrons. The topological polar surface area (TPSA) is 38.3 Å². The Balaban J connectivity index is 2.05. The molecule has 0 bridgehead atoms. The van der Waals surface area contributed by atoms with Crippen molar-refractivity contribution in [3.63, 3.8) is 0 Å². The molecule has 3 nitrogen and oxygen atoms in total. The van der Waals surface area contributed by atoms with Gasteiger partial charge in [0, 0.05) is 4.88 Å². The van der Waals surface area contributed by atoms with E-state index in [4.69, 9.17) is 12.2 Å². The fraction of sp³-hybridized carbons (Fsp3) is 0.143. The van der Waals surface area contributed by atoms with Crippen molar-refractivity contribution in [2.45, 2.75) is 0 Å². The molecule has 0 saturated heterocycles. The summed E-state index contributed by atoms with van der Waals surface area (Å²) in [6.07, 6.45) is 0. The quantitative estimate of drug-likeness (QED) is 0.694. The molecule has 98 valence electrons. The van der Waals surface area contributed by atoms with Crippen molar-refractivity contribution in [2.75, 3.05) is 13.7 Å². The molecular weight excluding hydrogens is 278 g/mol. The van der Waals surface area contributed by atoms with E-state index >= 15 is 0 Å². The minimum absolute atomic E-state index is 0.0912. The van der Waals surface area contributed by atoms with Crippen LogP contribution in [0.3, 0.4) is 0 Å². The number of ether oxygens (including phenoxy) is 1. The van der Waals surface area contributed by atoms with E-state index < -0.39 is 0 Å². The number of nitrogens with one attached hydrogen (secondary N) is 1. The van der Waals surface area contributed by atoms with Crippen LogP contribution in [-0.2, 0) is 9.53 Å². The second-order valence-electron chi connectivity index (χ2n) is 3.79. The first-order chi connectivity index (χ1) is 9.20. The van der Waals surface area contributed by atoms with Gasteiger partial charge in [0.2, 0.25) is 0 Å². The van der Waals surface area contributed by atoms with Crippen molar-refractivity contribution < 1.29 is 9.53 Å². The first-order valence-corrected chi connectivity index (χ1v) is 6.93. The first kappa shape index (κ1) is 13.7. The molecule has 19 heavy (non-hydrogen) atoms. The van der Waals surface area contributed by atoms with E-state index in [9.17, 15) is 4.79 Å². The third-order valence-electron chi connectivity index (χ3n) is 2.51. The fourth-order valence-corrected chi connectivity index (χ4v) is 2.72. The van der Waals surface area contributed by atoms with Gasteiger partial charge in [0.05, 0.1) is 12.0 Å². The summed E-state index contributed by atoms with van der Waals surface area (Å²) in [5, 5.41) is 2.88. The zero-order valence-corrected chi connectivity index (χ0v) is 12.0. The molecule has 0 fully saturated rings. The maximum atomic E-state index is 11.0. The molecule has 1 N–H and O–H groups in total. The molecule has 0 aliphatic rings. The lowest BCUT2D eigenvalue weighted by atomic mass is 10.2. The van der Waals surface area contributed by atoms with Gasteiger partial charge >= 0.3 is 5.97 Å². The molecule has 0 unspecified atom stereocenters. The number of hydrogen-bond acceptors (Lipinski definition) is 4.